The van der Waals surface area contributed by atoms with Crippen LogP contribution in [-0.4, -0.2) is 0 Å². The van der Waals surface area contributed by atoms with E-state index in [1.807, 2.05) is 0 Å². The lowest BCUT2D eigenvalue weighted by atomic mass is 9.93. The van der Waals surface area contributed by atoms with E-state index < -0.39 is 0 Å². The SMILES string of the molecule is c1ccc(-c2cc(-c3ccccc3)c(N(c3ccccc3)c3cccc4ccccc34)cc2N(c2ccccc2)c2ccccc2)cc1. The zero-order valence-electron chi connectivity index (χ0n) is 26.5. The van der Waals surface area contributed by atoms with Gasteiger partial charge in [0.15, 0.2) is 0 Å². The van der Waals surface area contributed by atoms with Crippen LogP contribution in [0.15, 0.2) is 206 Å². The summed E-state index contributed by atoms with van der Waals surface area (Å²) in [6.07, 6.45) is 0. The molecule has 0 saturated heterocycles. The minimum atomic E-state index is 1.09. The van der Waals surface area contributed by atoms with Crippen molar-refractivity contribution in [2.75, 3.05) is 9.80 Å². The van der Waals surface area contributed by atoms with Crippen LogP contribution in [0.1, 0.15) is 0 Å². The number of hydrogen-bond acceptors (Lipinski definition) is 2. The lowest BCUT2D eigenvalue weighted by Gasteiger charge is -2.33. The van der Waals surface area contributed by atoms with E-state index in [-0.39, 0.29) is 0 Å². The molecule has 0 amide bonds. The molecule has 48 heavy (non-hydrogen) atoms. The first-order chi connectivity index (χ1) is 23.8. The van der Waals surface area contributed by atoms with Crippen LogP contribution in [0.5, 0.6) is 0 Å². The number of para-hydroxylation sites is 3. The van der Waals surface area contributed by atoms with Crippen molar-refractivity contribution in [3.05, 3.63) is 206 Å². The number of rotatable bonds is 8. The summed E-state index contributed by atoms with van der Waals surface area (Å²) < 4.78 is 0. The molecule has 228 valence electrons. The van der Waals surface area contributed by atoms with Gasteiger partial charge < -0.3 is 9.80 Å². The molecule has 0 unspecified atom stereocenters. The Kier molecular flexibility index (Phi) is 7.96. The Morgan fingerprint density at radius 1 is 0.271 bits per heavy atom. The molecule has 0 atom stereocenters. The second-order valence-corrected chi connectivity index (χ2v) is 11.8. The Labute approximate surface area is 282 Å². The standard InChI is InChI=1S/C46H34N2/c1-6-19-36(20-7-1)42-33-43(37-21-8-2-9-22-37)46(34-45(42)47(38-25-10-3-11-26-38)39-27-12-4-13-28-39)48(40-29-14-5-15-30-40)44-32-18-24-35-23-16-17-31-41(35)44/h1-34H. The van der Waals surface area contributed by atoms with Crippen molar-refractivity contribution in [3.8, 4) is 22.3 Å². The van der Waals surface area contributed by atoms with Crippen molar-refractivity contribution in [3.63, 3.8) is 0 Å². The van der Waals surface area contributed by atoms with Crippen molar-refractivity contribution in [1.82, 2.24) is 0 Å². The molecule has 2 nitrogen and oxygen atoms in total. The number of nitrogens with zero attached hydrogens (tertiary/aromatic N) is 2. The Hall–Kier alpha value is -6.38. The Morgan fingerprint density at radius 2 is 0.667 bits per heavy atom. The second kappa shape index (κ2) is 13.2. The lowest BCUT2D eigenvalue weighted by Crippen LogP contribution is -2.15. The van der Waals surface area contributed by atoms with Gasteiger partial charge in [0, 0.05) is 33.6 Å². The van der Waals surface area contributed by atoms with Crippen LogP contribution in [-0.2, 0) is 0 Å². The van der Waals surface area contributed by atoms with Crippen LogP contribution in [0.25, 0.3) is 33.0 Å². The Balaban J connectivity index is 1.51. The highest BCUT2D eigenvalue weighted by molar-refractivity contribution is 6.03. The molecule has 0 heterocycles. The van der Waals surface area contributed by atoms with E-state index in [4.69, 9.17) is 0 Å². The molecule has 0 spiro atoms. The molecule has 0 fully saturated rings. The molecule has 0 N–H and O–H groups in total. The van der Waals surface area contributed by atoms with Crippen LogP contribution in [0.2, 0.25) is 0 Å². The van der Waals surface area contributed by atoms with Gasteiger partial charge in [-0.3, -0.25) is 0 Å². The van der Waals surface area contributed by atoms with E-state index in [0.29, 0.717) is 0 Å². The highest BCUT2D eigenvalue weighted by Gasteiger charge is 2.25. The largest absolute Gasteiger partial charge is 0.310 e. The first kappa shape index (κ1) is 29.1. The maximum atomic E-state index is 2.43. The second-order valence-electron chi connectivity index (χ2n) is 11.8. The van der Waals surface area contributed by atoms with Crippen molar-refractivity contribution in [2.24, 2.45) is 0 Å². The fourth-order valence-corrected chi connectivity index (χ4v) is 6.61. The molecule has 0 aliphatic carbocycles. The first-order valence-electron chi connectivity index (χ1n) is 16.4. The summed E-state index contributed by atoms with van der Waals surface area (Å²) in [7, 11) is 0. The van der Waals surface area contributed by atoms with Gasteiger partial charge in [-0.15, -0.1) is 0 Å². The average Bonchev–Trinajstić information content (AvgIpc) is 3.17. The summed E-state index contributed by atoms with van der Waals surface area (Å²) in [5.74, 6) is 0. The summed E-state index contributed by atoms with van der Waals surface area (Å²) in [5, 5.41) is 2.40. The van der Waals surface area contributed by atoms with Crippen molar-refractivity contribution >= 4 is 44.9 Å². The monoisotopic (exact) mass is 614 g/mol. The van der Waals surface area contributed by atoms with Gasteiger partial charge in [0.05, 0.1) is 17.1 Å². The molecule has 2 heteroatoms. The maximum Gasteiger partial charge on any atom is 0.0561 e. The molecule has 0 bridgehead atoms. The fraction of sp³-hybridized carbons (Fsp3) is 0. The smallest absolute Gasteiger partial charge is 0.0561 e. The normalized spacial score (nSPS) is 10.9. The number of benzene rings is 8. The molecule has 0 aromatic heterocycles. The predicted octanol–water partition coefficient (Wildman–Crippen LogP) is 13.1. The van der Waals surface area contributed by atoms with Gasteiger partial charge in [-0.25, -0.2) is 0 Å². The molecule has 0 aliphatic rings. The number of anilines is 6. The predicted molar refractivity (Wildman–Crippen MR) is 204 cm³/mol. The third-order valence-corrected chi connectivity index (χ3v) is 8.82. The lowest BCUT2D eigenvalue weighted by molar-refractivity contribution is 1.25. The van der Waals surface area contributed by atoms with Gasteiger partial charge in [0.1, 0.15) is 0 Å². The van der Waals surface area contributed by atoms with Crippen LogP contribution < -0.4 is 9.80 Å². The van der Waals surface area contributed by atoms with Crippen LogP contribution in [0.4, 0.5) is 34.1 Å². The summed E-state index contributed by atoms with van der Waals surface area (Å²) in [5.41, 5.74) is 11.2. The maximum absolute atomic E-state index is 2.43. The minimum absolute atomic E-state index is 1.09. The third kappa shape index (κ3) is 5.61. The first-order valence-corrected chi connectivity index (χ1v) is 16.4. The summed E-state index contributed by atoms with van der Waals surface area (Å²) in [4.78, 5) is 4.81. The number of fused-ring (bicyclic) bond motifs is 1. The molecule has 8 rings (SSSR count). The van der Waals surface area contributed by atoms with Crippen LogP contribution in [0.3, 0.4) is 0 Å². The average molecular weight is 615 g/mol. The quantitative estimate of drug-likeness (QED) is 0.168. The zero-order chi connectivity index (χ0) is 32.1. The van der Waals surface area contributed by atoms with E-state index in [9.17, 15) is 0 Å². The highest BCUT2D eigenvalue weighted by Crippen LogP contribution is 2.50. The van der Waals surface area contributed by atoms with Gasteiger partial charge in [-0.05, 0) is 71.1 Å². The highest BCUT2D eigenvalue weighted by atomic mass is 15.2. The molecular weight excluding hydrogens is 581 g/mol. The van der Waals surface area contributed by atoms with Gasteiger partial charge in [0.25, 0.3) is 0 Å². The van der Waals surface area contributed by atoms with E-state index in [1.54, 1.807) is 0 Å². The molecule has 0 aliphatic heterocycles. The van der Waals surface area contributed by atoms with E-state index in [0.717, 1.165) is 56.4 Å². The van der Waals surface area contributed by atoms with Gasteiger partial charge in [-0.2, -0.15) is 0 Å². The summed E-state index contributed by atoms with van der Waals surface area (Å²) in [6.45, 7) is 0. The minimum Gasteiger partial charge on any atom is -0.310 e. The molecular formula is C46H34N2. The fourth-order valence-electron chi connectivity index (χ4n) is 6.61. The topological polar surface area (TPSA) is 6.48 Å². The van der Waals surface area contributed by atoms with Crippen molar-refractivity contribution < 1.29 is 0 Å². The summed E-state index contributed by atoms with van der Waals surface area (Å²) >= 11 is 0. The molecule has 8 aromatic rings. The zero-order valence-corrected chi connectivity index (χ0v) is 26.5. The van der Waals surface area contributed by atoms with Gasteiger partial charge in [0.2, 0.25) is 0 Å². The Bertz CT molecular complexity index is 2220. The van der Waals surface area contributed by atoms with Gasteiger partial charge >= 0.3 is 0 Å². The Morgan fingerprint density at radius 3 is 1.19 bits per heavy atom. The van der Waals surface area contributed by atoms with Crippen LogP contribution in [0, 0.1) is 0 Å². The molecule has 0 radical (unpaired) electrons. The van der Waals surface area contributed by atoms with Crippen molar-refractivity contribution in [1.29, 1.82) is 0 Å². The molecule has 8 aromatic carbocycles. The van der Waals surface area contributed by atoms with E-state index >= 15 is 0 Å². The van der Waals surface area contributed by atoms with Crippen LogP contribution >= 0.6 is 0 Å². The molecule has 0 saturated carbocycles. The number of hydrogen-bond donors (Lipinski definition) is 0. The van der Waals surface area contributed by atoms with E-state index in [2.05, 4.69) is 216 Å². The van der Waals surface area contributed by atoms with E-state index in [1.165, 1.54) is 10.8 Å². The van der Waals surface area contributed by atoms with Gasteiger partial charge in [-0.1, -0.05) is 152 Å². The summed E-state index contributed by atoms with van der Waals surface area (Å²) in [6, 6.07) is 73.6. The third-order valence-electron chi connectivity index (χ3n) is 8.82. The van der Waals surface area contributed by atoms with Crippen molar-refractivity contribution in [2.45, 2.75) is 0 Å².